The molecule has 0 radical (unpaired) electrons. The molecule has 0 spiro atoms. The molecule has 1 aromatic carbocycles. The molecule has 8 heteroatoms. The summed E-state index contributed by atoms with van der Waals surface area (Å²) in [5, 5.41) is 5.30. The molecule has 0 bridgehead atoms. The van der Waals surface area contributed by atoms with Crippen molar-refractivity contribution in [3.05, 3.63) is 53.3 Å². The molecule has 7 nitrogen and oxygen atoms in total. The molecule has 0 aliphatic heterocycles. The second kappa shape index (κ2) is 8.16. The number of aromatic nitrogens is 1. The fourth-order valence-electron chi connectivity index (χ4n) is 1.89. The molecule has 24 heavy (non-hydrogen) atoms. The molecule has 2 rings (SSSR count). The largest absolute Gasteiger partial charge is 0.486 e. The number of carbonyl (C=O) groups excluding carboxylic acids is 2. The minimum atomic E-state index is -0.898. The summed E-state index contributed by atoms with van der Waals surface area (Å²) < 4.78 is 5.62. The molecule has 0 aliphatic carbocycles. The van der Waals surface area contributed by atoms with Gasteiger partial charge in [0.25, 0.3) is 0 Å². The predicted molar refractivity (Wildman–Crippen MR) is 90.8 cm³/mol. The van der Waals surface area contributed by atoms with Crippen LogP contribution in [0.25, 0.3) is 0 Å². The molecule has 0 aliphatic rings. The number of hydrogen-bond acceptors (Lipinski definition) is 5. The minimum absolute atomic E-state index is 0.296. The summed E-state index contributed by atoms with van der Waals surface area (Å²) in [7, 11) is 0. The zero-order valence-electron chi connectivity index (χ0n) is 13.0. The Hall–Kier alpha value is -2.80. The number of ether oxygens (including phenoxy) is 1. The van der Waals surface area contributed by atoms with Crippen LogP contribution >= 0.6 is 11.6 Å². The van der Waals surface area contributed by atoms with E-state index in [2.05, 4.69) is 10.3 Å². The third kappa shape index (κ3) is 5.13. The number of pyridine rings is 1. The topological polar surface area (TPSA) is 106 Å². The van der Waals surface area contributed by atoms with E-state index in [0.29, 0.717) is 23.1 Å². The maximum absolute atomic E-state index is 11.6. The van der Waals surface area contributed by atoms with Crippen molar-refractivity contribution in [1.29, 1.82) is 0 Å². The summed E-state index contributed by atoms with van der Waals surface area (Å²) in [5.41, 5.74) is 6.30. The Morgan fingerprint density at radius 2 is 2.12 bits per heavy atom. The monoisotopic (exact) mass is 348 g/mol. The first-order chi connectivity index (χ1) is 11.5. The van der Waals surface area contributed by atoms with Gasteiger partial charge in [0, 0.05) is 11.9 Å². The van der Waals surface area contributed by atoms with Gasteiger partial charge in [0.1, 0.15) is 18.4 Å². The smallest absolute Gasteiger partial charge is 0.318 e. The fourth-order valence-corrected chi connectivity index (χ4v) is 2.12. The molecule has 3 amide bonds. The van der Waals surface area contributed by atoms with Crippen molar-refractivity contribution < 1.29 is 14.3 Å². The highest BCUT2D eigenvalue weighted by atomic mass is 35.5. The number of imide groups is 1. The third-order valence-electron chi connectivity index (χ3n) is 3.06. The Morgan fingerprint density at radius 1 is 1.33 bits per heavy atom. The molecule has 0 saturated heterocycles. The zero-order chi connectivity index (χ0) is 17.5. The lowest BCUT2D eigenvalue weighted by atomic mass is 10.2. The Morgan fingerprint density at radius 3 is 2.75 bits per heavy atom. The number of halogens is 1. The Labute approximate surface area is 144 Å². The van der Waals surface area contributed by atoms with Gasteiger partial charge in [-0.15, -0.1) is 0 Å². The van der Waals surface area contributed by atoms with Gasteiger partial charge in [-0.25, -0.2) is 4.79 Å². The lowest BCUT2D eigenvalue weighted by Crippen LogP contribution is -2.43. The van der Waals surface area contributed by atoms with Crippen molar-refractivity contribution in [2.75, 3.05) is 5.32 Å². The number of anilines is 1. The number of rotatable bonds is 6. The minimum Gasteiger partial charge on any atom is -0.486 e. The lowest BCUT2D eigenvalue weighted by molar-refractivity contribution is -0.120. The van der Waals surface area contributed by atoms with Gasteiger partial charge in [-0.3, -0.25) is 15.1 Å². The molecular formula is C16H17ClN4O3. The van der Waals surface area contributed by atoms with Crippen LogP contribution in [0.2, 0.25) is 5.02 Å². The molecule has 1 heterocycles. The average molecular weight is 349 g/mol. The zero-order valence-corrected chi connectivity index (χ0v) is 13.7. The molecule has 0 unspecified atom stereocenters. The van der Waals surface area contributed by atoms with E-state index in [1.807, 2.05) is 23.5 Å². The highest BCUT2D eigenvalue weighted by Crippen LogP contribution is 2.28. The van der Waals surface area contributed by atoms with Gasteiger partial charge in [0.05, 0.1) is 10.7 Å². The van der Waals surface area contributed by atoms with E-state index in [0.717, 1.165) is 5.69 Å². The molecule has 0 fully saturated rings. The van der Waals surface area contributed by atoms with E-state index < -0.39 is 18.0 Å². The Balaban J connectivity index is 1.96. The highest BCUT2D eigenvalue weighted by molar-refractivity contribution is 6.32. The van der Waals surface area contributed by atoms with E-state index in [1.165, 1.54) is 0 Å². The highest BCUT2D eigenvalue weighted by Gasteiger charge is 2.14. The fraction of sp³-hybridized carbons (Fsp3) is 0.188. The maximum atomic E-state index is 11.6. The number of hydrogen-bond donors (Lipinski definition) is 3. The second-order valence-electron chi connectivity index (χ2n) is 4.97. The summed E-state index contributed by atoms with van der Waals surface area (Å²) >= 11 is 6.18. The molecular weight excluding hydrogens is 332 g/mol. The summed E-state index contributed by atoms with van der Waals surface area (Å²) in [6.07, 6.45) is 1.69. The first-order valence-corrected chi connectivity index (χ1v) is 7.52. The van der Waals surface area contributed by atoms with Crippen LogP contribution in [0.5, 0.6) is 5.75 Å². The summed E-state index contributed by atoms with van der Waals surface area (Å²) in [6.45, 7) is 1.89. The van der Waals surface area contributed by atoms with Crippen LogP contribution in [0.15, 0.2) is 42.6 Å². The van der Waals surface area contributed by atoms with E-state index in [-0.39, 0.29) is 0 Å². The SMILES string of the molecule is C[C@H](Nc1ccc(OCc2ccccn2)c(Cl)c1)C(=O)NC(N)=O. The first kappa shape index (κ1) is 17.6. The number of carbonyl (C=O) groups is 2. The Kier molecular flexibility index (Phi) is 5.97. The van der Waals surface area contributed by atoms with Crippen LogP contribution in [0.3, 0.4) is 0 Å². The van der Waals surface area contributed by atoms with E-state index >= 15 is 0 Å². The van der Waals surface area contributed by atoms with Crippen LogP contribution in [-0.4, -0.2) is 23.0 Å². The lowest BCUT2D eigenvalue weighted by Gasteiger charge is -2.15. The molecule has 2 aromatic rings. The number of amides is 3. The van der Waals surface area contributed by atoms with Crippen molar-refractivity contribution in [2.24, 2.45) is 5.73 Å². The van der Waals surface area contributed by atoms with Gasteiger partial charge in [-0.1, -0.05) is 17.7 Å². The van der Waals surface area contributed by atoms with Crippen molar-refractivity contribution in [2.45, 2.75) is 19.6 Å². The van der Waals surface area contributed by atoms with Crippen LogP contribution in [-0.2, 0) is 11.4 Å². The van der Waals surface area contributed by atoms with Crippen molar-refractivity contribution in [3.8, 4) is 5.75 Å². The number of urea groups is 1. The summed E-state index contributed by atoms with van der Waals surface area (Å²) in [4.78, 5) is 26.5. The van der Waals surface area contributed by atoms with Crippen LogP contribution in [0.1, 0.15) is 12.6 Å². The van der Waals surface area contributed by atoms with E-state index in [4.69, 9.17) is 22.1 Å². The van der Waals surface area contributed by atoms with Crippen molar-refractivity contribution in [3.63, 3.8) is 0 Å². The predicted octanol–water partition coefficient (Wildman–Crippen LogP) is 2.31. The maximum Gasteiger partial charge on any atom is 0.318 e. The standard InChI is InChI=1S/C16H17ClN4O3/c1-10(15(22)21-16(18)23)20-11-5-6-14(13(17)8-11)24-9-12-4-2-3-7-19-12/h2-8,10,20H,9H2,1H3,(H3,18,21,22,23)/t10-/m0/s1. The first-order valence-electron chi connectivity index (χ1n) is 7.15. The molecule has 126 valence electrons. The number of nitrogens with two attached hydrogens (primary N) is 1. The number of nitrogens with one attached hydrogen (secondary N) is 2. The summed E-state index contributed by atoms with van der Waals surface area (Å²) in [6, 6.07) is 9.02. The number of primary amides is 1. The molecule has 0 saturated carbocycles. The van der Waals surface area contributed by atoms with Gasteiger partial charge in [0.15, 0.2) is 0 Å². The van der Waals surface area contributed by atoms with E-state index in [9.17, 15) is 9.59 Å². The van der Waals surface area contributed by atoms with E-state index in [1.54, 1.807) is 31.3 Å². The van der Waals surface area contributed by atoms with Gasteiger partial charge in [-0.05, 0) is 37.3 Å². The quantitative estimate of drug-likeness (QED) is 0.742. The van der Waals surface area contributed by atoms with Crippen LogP contribution < -0.4 is 21.1 Å². The van der Waals surface area contributed by atoms with Crippen LogP contribution in [0, 0.1) is 0 Å². The molecule has 4 N–H and O–H groups in total. The summed E-state index contributed by atoms with van der Waals surface area (Å²) in [5.74, 6) is -0.0313. The van der Waals surface area contributed by atoms with Gasteiger partial charge < -0.3 is 15.8 Å². The Bertz CT molecular complexity index is 725. The normalized spacial score (nSPS) is 11.4. The van der Waals surface area contributed by atoms with Crippen LogP contribution in [0.4, 0.5) is 10.5 Å². The molecule has 1 atom stereocenters. The van der Waals surface area contributed by atoms with Gasteiger partial charge in [0.2, 0.25) is 5.91 Å². The van der Waals surface area contributed by atoms with Gasteiger partial charge in [-0.2, -0.15) is 0 Å². The molecule has 1 aromatic heterocycles. The average Bonchev–Trinajstić information content (AvgIpc) is 2.54. The van der Waals surface area contributed by atoms with Crippen molar-refractivity contribution in [1.82, 2.24) is 10.3 Å². The third-order valence-corrected chi connectivity index (χ3v) is 3.35. The number of nitrogens with zero attached hydrogens (tertiary/aromatic N) is 1. The number of benzene rings is 1. The van der Waals surface area contributed by atoms with Gasteiger partial charge >= 0.3 is 6.03 Å². The van der Waals surface area contributed by atoms with Crippen molar-refractivity contribution >= 4 is 29.2 Å². The second-order valence-corrected chi connectivity index (χ2v) is 5.38.